The van der Waals surface area contributed by atoms with E-state index in [2.05, 4.69) is 55.0 Å². The van der Waals surface area contributed by atoms with Crippen LogP contribution in [-0.2, 0) is 9.53 Å². The lowest BCUT2D eigenvalue weighted by Crippen LogP contribution is -2.66. The van der Waals surface area contributed by atoms with Gasteiger partial charge in [-0.15, -0.1) is 0 Å². The molecule has 0 bridgehead atoms. The van der Waals surface area contributed by atoms with Crippen molar-refractivity contribution in [1.82, 2.24) is 0 Å². The SMILES string of the molecule is C=C(C)[C@@H]1CC[C@]2(C)CC[C@]3(C)[C@H](CC[C@H]4[C@@]5(C)CC[C@H](OC(C)=O)C(C)(C)[C@@H]5CC[C@]43C)[C@H]12. The first kappa shape index (κ1) is 24.9. The molecule has 5 aliphatic carbocycles. The van der Waals surface area contributed by atoms with Crippen molar-refractivity contribution in [2.75, 3.05) is 0 Å². The van der Waals surface area contributed by atoms with Gasteiger partial charge in [0.15, 0.2) is 0 Å². The maximum absolute atomic E-state index is 11.9. The highest BCUT2D eigenvalue weighted by Gasteiger charge is 2.70. The molecular weight excluding hydrogens is 416 g/mol. The van der Waals surface area contributed by atoms with Crippen molar-refractivity contribution in [2.24, 2.45) is 56.7 Å². The Balaban J connectivity index is 1.50. The second-order valence-electron chi connectivity index (χ2n) is 15.3. The molecule has 0 aromatic rings. The molecule has 0 aliphatic heterocycles. The van der Waals surface area contributed by atoms with E-state index in [9.17, 15) is 4.79 Å². The molecular formula is C32H52O2. The van der Waals surface area contributed by atoms with E-state index in [1.165, 1.54) is 63.4 Å². The number of hydrogen-bond donors (Lipinski definition) is 0. The van der Waals surface area contributed by atoms with Crippen LogP contribution in [0.1, 0.15) is 120 Å². The van der Waals surface area contributed by atoms with Gasteiger partial charge in [0, 0.05) is 12.3 Å². The zero-order chi connectivity index (χ0) is 24.9. The van der Waals surface area contributed by atoms with Gasteiger partial charge in [-0.2, -0.15) is 0 Å². The van der Waals surface area contributed by atoms with E-state index in [1.54, 1.807) is 6.92 Å². The van der Waals surface area contributed by atoms with Crippen LogP contribution >= 0.6 is 0 Å². The standard InChI is InChI=1S/C32H52O2/c1-20(2)22-12-15-29(6)18-19-31(8)23(27(22)29)10-11-25-30(7)16-14-26(34-21(3)33)28(4,5)24(30)13-17-32(25,31)9/h22-27H,1,10-19H2,2-9H3/t22-,23+,24-,25-,26-,27-,29+,30-,31+,32+/m0/s1. The first-order valence-corrected chi connectivity index (χ1v) is 14.5. The van der Waals surface area contributed by atoms with E-state index in [4.69, 9.17) is 4.74 Å². The average Bonchev–Trinajstić information content (AvgIpc) is 3.08. The molecule has 0 unspecified atom stereocenters. The predicted molar refractivity (Wildman–Crippen MR) is 140 cm³/mol. The van der Waals surface area contributed by atoms with Crippen LogP contribution in [0.4, 0.5) is 0 Å². The largest absolute Gasteiger partial charge is 0.462 e. The molecule has 5 fully saturated rings. The number of ether oxygens (including phenoxy) is 1. The highest BCUT2D eigenvalue weighted by atomic mass is 16.5. The molecule has 10 atom stereocenters. The molecule has 0 N–H and O–H groups in total. The molecule has 5 aliphatic rings. The van der Waals surface area contributed by atoms with Crippen LogP contribution in [-0.4, -0.2) is 12.1 Å². The van der Waals surface area contributed by atoms with Gasteiger partial charge in [0.05, 0.1) is 0 Å². The molecule has 5 saturated carbocycles. The topological polar surface area (TPSA) is 26.3 Å². The number of hydrogen-bond acceptors (Lipinski definition) is 2. The summed E-state index contributed by atoms with van der Waals surface area (Å²) in [6.45, 7) is 23.9. The first-order chi connectivity index (χ1) is 15.7. The van der Waals surface area contributed by atoms with Crippen molar-refractivity contribution in [3.8, 4) is 0 Å². The van der Waals surface area contributed by atoms with Gasteiger partial charge in [-0.25, -0.2) is 0 Å². The Morgan fingerprint density at radius 1 is 0.765 bits per heavy atom. The number of fused-ring (bicyclic) bond motifs is 7. The molecule has 0 aromatic heterocycles. The molecule has 34 heavy (non-hydrogen) atoms. The summed E-state index contributed by atoms with van der Waals surface area (Å²) >= 11 is 0. The van der Waals surface area contributed by atoms with Crippen molar-refractivity contribution in [3.63, 3.8) is 0 Å². The van der Waals surface area contributed by atoms with Gasteiger partial charge in [0.1, 0.15) is 6.10 Å². The molecule has 0 heterocycles. The molecule has 192 valence electrons. The third-order valence-electron chi connectivity index (χ3n) is 13.7. The fraction of sp³-hybridized carbons (Fsp3) is 0.906. The van der Waals surface area contributed by atoms with E-state index >= 15 is 0 Å². The van der Waals surface area contributed by atoms with Crippen molar-refractivity contribution < 1.29 is 9.53 Å². The molecule has 0 aromatic carbocycles. The second kappa shape index (κ2) is 7.61. The van der Waals surface area contributed by atoms with E-state index in [1.807, 2.05) is 0 Å². The fourth-order valence-corrected chi connectivity index (χ4v) is 11.9. The van der Waals surface area contributed by atoms with Gasteiger partial charge < -0.3 is 4.74 Å². The van der Waals surface area contributed by atoms with Crippen LogP contribution in [0.15, 0.2) is 12.2 Å². The highest BCUT2D eigenvalue weighted by molar-refractivity contribution is 5.66. The first-order valence-electron chi connectivity index (χ1n) is 14.5. The molecule has 5 rings (SSSR count). The minimum absolute atomic E-state index is 0.0550. The van der Waals surface area contributed by atoms with E-state index in [0.29, 0.717) is 27.6 Å². The van der Waals surface area contributed by atoms with Crippen LogP contribution in [0, 0.1) is 56.7 Å². The zero-order valence-electron chi connectivity index (χ0n) is 23.6. The van der Waals surface area contributed by atoms with E-state index in [0.717, 1.165) is 30.1 Å². The summed E-state index contributed by atoms with van der Waals surface area (Å²) in [6.07, 6.45) is 13.4. The molecule has 0 spiro atoms. The minimum atomic E-state index is -0.107. The average molecular weight is 469 g/mol. The normalized spacial score (nSPS) is 53.6. The van der Waals surface area contributed by atoms with Crippen molar-refractivity contribution >= 4 is 5.97 Å². The highest BCUT2D eigenvalue weighted by Crippen LogP contribution is 2.77. The quantitative estimate of drug-likeness (QED) is 0.299. The molecule has 0 saturated heterocycles. The summed E-state index contributed by atoms with van der Waals surface area (Å²) < 4.78 is 5.91. The van der Waals surface area contributed by atoms with Gasteiger partial charge in [-0.05, 0) is 122 Å². The second-order valence-corrected chi connectivity index (χ2v) is 15.3. The number of esters is 1. The number of allylic oxidation sites excluding steroid dienone is 1. The Bertz CT molecular complexity index is 872. The molecule has 0 amide bonds. The van der Waals surface area contributed by atoms with Gasteiger partial charge in [-0.3, -0.25) is 4.79 Å². The lowest BCUT2D eigenvalue weighted by atomic mass is 9.32. The lowest BCUT2D eigenvalue weighted by Gasteiger charge is -2.73. The summed E-state index contributed by atoms with van der Waals surface area (Å²) in [5.41, 5.74) is 3.23. The zero-order valence-corrected chi connectivity index (χ0v) is 23.6. The van der Waals surface area contributed by atoms with Crippen LogP contribution < -0.4 is 0 Å². The molecule has 0 radical (unpaired) electrons. The monoisotopic (exact) mass is 468 g/mol. The van der Waals surface area contributed by atoms with Gasteiger partial charge in [0.25, 0.3) is 0 Å². The van der Waals surface area contributed by atoms with Crippen molar-refractivity contribution in [3.05, 3.63) is 12.2 Å². The summed E-state index contributed by atoms with van der Waals surface area (Å²) in [4.78, 5) is 11.9. The summed E-state index contributed by atoms with van der Waals surface area (Å²) in [6, 6.07) is 0. The minimum Gasteiger partial charge on any atom is -0.462 e. The maximum atomic E-state index is 11.9. The number of rotatable bonds is 2. The Labute approximate surface area is 210 Å². The Morgan fingerprint density at radius 3 is 2.12 bits per heavy atom. The van der Waals surface area contributed by atoms with Gasteiger partial charge in [0.2, 0.25) is 0 Å². The Morgan fingerprint density at radius 2 is 1.47 bits per heavy atom. The van der Waals surface area contributed by atoms with Gasteiger partial charge >= 0.3 is 5.97 Å². The summed E-state index contributed by atoms with van der Waals surface area (Å²) in [5, 5.41) is 0. The van der Waals surface area contributed by atoms with E-state index in [-0.39, 0.29) is 17.5 Å². The predicted octanol–water partition coefficient (Wildman–Crippen LogP) is 8.60. The third-order valence-corrected chi connectivity index (χ3v) is 13.7. The summed E-state index contributed by atoms with van der Waals surface area (Å²) in [7, 11) is 0. The lowest BCUT2D eigenvalue weighted by molar-refractivity contribution is -0.248. The summed E-state index contributed by atoms with van der Waals surface area (Å²) in [5.74, 6) is 3.74. The van der Waals surface area contributed by atoms with Crippen LogP contribution in [0.25, 0.3) is 0 Å². The smallest absolute Gasteiger partial charge is 0.302 e. The number of carbonyl (C=O) groups excluding carboxylic acids is 1. The van der Waals surface area contributed by atoms with Gasteiger partial charge in [-0.1, -0.05) is 53.7 Å². The van der Waals surface area contributed by atoms with Crippen LogP contribution in [0.2, 0.25) is 0 Å². The van der Waals surface area contributed by atoms with E-state index < -0.39 is 0 Å². The maximum Gasteiger partial charge on any atom is 0.302 e. The Kier molecular flexibility index (Phi) is 5.57. The third kappa shape index (κ3) is 3.08. The van der Waals surface area contributed by atoms with Crippen LogP contribution in [0.3, 0.4) is 0 Å². The molecule has 2 heteroatoms. The van der Waals surface area contributed by atoms with Crippen LogP contribution in [0.5, 0.6) is 0 Å². The van der Waals surface area contributed by atoms with Crippen molar-refractivity contribution in [1.29, 1.82) is 0 Å². The fourth-order valence-electron chi connectivity index (χ4n) is 11.9. The molecule has 2 nitrogen and oxygen atoms in total. The van der Waals surface area contributed by atoms with Crippen molar-refractivity contribution in [2.45, 2.75) is 126 Å². The Hall–Kier alpha value is -0.790. The number of carbonyl (C=O) groups is 1.